The molecule has 0 saturated carbocycles. The van der Waals surface area contributed by atoms with Crippen molar-refractivity contribution in [3.05, 3.63) is 82.3 Å². The first kappa shape index (κ1) is 24.9. The fourth-order valence-corrected chi connectivity index (χ4v) is 4.48. The van der Waals surface area contributed by atoms with Gasteiger partial charge >= 0.3 is 0 Å². The zero-order valence-corrected chi connectivity index (χ0v) is 20.3. The van der Waals surface area contributed by atoms with Crippen LogP contribution in [0, 0.1) is 0 Å². The van der Waals surface area contributed by atoms with Gasteiger partial charge in [-0.15, -0.1) is 0 Å². The lowest BCUT2D eigenvalue weighted by Gasteiger charge is -2.12. The number of nitrogens with one attached hydrogen (secondary N) is 1. The SMILES string of the molecule is CCOc1ccc(CCNC(=O)c2ccc(C[S@@](=O)Cc3ccc(Cl)cc3)o2)cc1OCC. The van der Waals surface area contributed by atoms with Crippen molar-refractivity contribution in [1.82, 2.24) is 5.32 Å². The third kappa shape index (κ3) is 7.65. The first-order valence-corrected chi connectivity index (χ1v) is 12.7. The Labute approximate surface area is 201 Å². The molecular formula is C25H28ClNO5S. The Morgan fingerprint density at radius 2 is 1.64 bits per heavy atom. The number of carbonyl (C=O) groups excluding carboxylic acids is 1. The number of carbonyl (C=O) groups is 1. The second-order valence-electron chi connectivity index (χ2n) is 7.27. The molecule has 0 spiro atoms. The van der Waals surface area contributed by atoms with E-state index in [0.717, 1.165) is 11.1 Å². The van der Waals surface area contributed by atoms with E-state index in [4.69, 9.17) is 25.5 Å². The number of furan rings is 1. The van der Waals surface area contributed by atoms with Crippen molar-refractivity contribution in [2.45, 2.75) is 31.8 Å². The van der Waals surface area contributed by atoms with E-state index in [2.05, 4.69) is 5.32 Å². The number of ether oxygens (including phenoxy) is 2. The van der Waals surface area contributed by atoms with Crippen LogP contribution in [0.3, 0.4) is 0 Å². The van der Waals surface area contributed by atoms with Crippen molar-refractivity contribution in [1.29, 1.82) is 0 Å². The highest BCUT2D eigenvalue weighted by molar-refractivity contribution is 7.83. The van der Waals surface area contributed by atoms with Gasteiger partial charge in [0.2, 0.25) is 0 Å². The first-order valence-electron chi connectivity index (χ1n) is 10.8. The minimum atomic E-state index is -1.16. The van der Waals surface area contributed by atoms with Gasteiger partial charge in [0.25, 0.3) is 5.91 Å². The van der Waals surface area contributed by atoms with E-state index < -0.39 is 10.8 Å². The molecule has 1 amide bonds. The standard InChI is InChI=1S/C25H28ClNO5S/c1-3-30-22-11-7-18(15-24(22)31-4-2)13-14-27-25(28)23-12-10-21(32-23)17-33(29)16-19-5-8-20(26)9-6-19/h5-12,15H,3-4,13-14,16-17H2,1-2H3,(H,27,28)/t33-/m0/s1. The number of hydrogen-bond acceptors (Lipinski definition) is 5. The summed E-state index contributed by atoms with van der Waals surface area (Å²) in [7, 11) is -1.16. The largest absolute Gasteiger partial charge is 0.490 e. The van der Waals surface area contributed by atoms with Crippen LogP contribution in [0.5, 0.6) is 11.5 Å². The Bertz CT molecular complexity index is 1080. The van der Waals surface area contributed by atoms with Crippen molar-refractivity contribution >= 4 is 28.3 Å². The van der Waals surface area contributed by atoms with Gasteiger partial charge in [-0.1, -0.05) is 29.8 Å². The molecule has 1 atom stereocenters. The zero-order valence-electron chi connectivity index (χ0n) is 18.8. The van der Waals surface area contributed by atoms with Gasteiger partial charge in [-0.3, -0.25) is 9.00 Å². The average Bonchev–Trinajstić information content (AvgIpc) is 3.26. The summed E-state index contributed by atoms with van der Waals surface area (Å²) in [5.74, 6) is 2.46. The Morgan fingerprint density at radius 3 is 2.36 bits per heavy atom. The van der Waals surface area contributed by atoms with Crippen LogP contribution in [0.4, 0.5) is 0 Å². The molecule has 0 fully saturated rings. The summed E-state index contributed by atoms with van der Waals surface area (Å²) in [5.41, 5.74) is 1.96. The monoisotopic (exact) mass is 489 g/mol. The van der Waals surface area contributed by atoms with E-state index in [9.17, 15) is 9.00 Å². The third-order valence-corrected chi connectivity index (χ3v) is 6.25. The molecule has 0 saturated heterocycles. The summed E-state index contributed by atoms with van der Waals surface area (Å²) < 4.78 is 29.2. The highest BCUT2D eigenvalue weighted by Crippen LogP contribution is 2.28. The zero-order chi connectivity index (χ0) is 23.6. The molecule has 3 rings (SSSR count). The molecule has 0 radical (unpaired) electrons. The van der Waals surface area contributed by atoms with Crippen molar-refractivity contribution in [3.8, 4) is 11.5 Å². The fraction of sp³-hybridized carbons (Fsp3) is 0.320. The lowest BCUT2D eigenvalue weighted by molar-refractivity contribution is 0.0925. The Balaban J connectivity index is 1.49. The van der Waals surface area contributed by atoms with E-state index in [1.807, 2.05) is 44.2 Å². The van der Waals surface area contributed by atoms with Crippen LogP contribution in [-0.4, -0.2) is 29.9 Å². The second kappa shape index (κ2) is 12.5. The molecule has 33 heavy (non-hydrogen) atoms. The molecule has 1 N–H and O–H groups in total. The van der Waals surface area contributed by atoms with Crippen LogP contribution in [0.2, 0.25) is 5.02 Å². The van der Waals surface area contributed by atoms with Gasteiger partial charge in [-0.2, -0.15) is 0 Å². The normalized spacial score (nSPS) is 11.7. The molecule has 8 heteroatoms. The van der Waals surface area contributed by atoms with Crippen molar-refractivity contribution in [2.24, 2.45) is 0 Å². The van der Waals surface area contributed by atoms with Crippen LogP contribution in [0.25, 0.3) is 0 Å². The van der Waals surface area contributed by atoms with Gasteiger partial charge in [-0.25, -0.2) is 0 Å². The van der Waals surface area contributed by atoms with Crippen LogP contribution >= 0.6 is 11.6 Å². The summed E-state index contributed by atoms with van der Waals surface area (Å²) in [6.45, 7) is 5.40. The van der Waals surface area contributed by atoms with Gasteiger partial charge in [0.05, 0.1) is 19.0 Å². The summed E-state index contributed by atoms with van der Waals surface area (Å²) in [6.07, 6.45) is 0.636. The minimum absolute atomic E-state index is 0.204. The van der Waals surface area contributed by atoms with Gasteiger partial charge < -0.3 is 19.2 Å². The number of halogens is 1. The van der Waals surface area contributed by atoms with Gasteiger partial charge in [0, 0.05) is 28.1 Å². The maximum atomic E-state index is 12.4. The summed E-state index contributed by atoms with van der Waals surface area (Å²) in [5, 5.41) is 3.50. The molecule has 0 aliphatic carbocycles. The fourth-order valence-electron chi connectivity index (χ4n) is 3.21. The molecule has 0 unspecified atom stereocenters. The molecular weight excluding hydrogens is 462 g/mol. The van der Waals surface area contributed by atoms with E-state index in [1.54, 1.807) is 24.3 Å². The molecule has 0 aliphatic rings. The van der Waals surface area contributed by atoms with Gasteiger partial charge in [0.15, 0.2) is 17.3 Å². The van der Waals surface area contributed by atoms with E-state index in [0.29, 0.717) is 54.2 Å². The van der Waals surface area contributed by atoms with Crippen LogP contribution in [-0.2, 0) is 28.7 Å². The number of rotatable bonds is 12. The third-order valence-electron chi connectivity index (χ3n) is 4.74. The van der Waals surface area contributed by atoms with Crippen molar-refractivity contribution in [2.75, 3.05) is 19.8 Å². The molecule has 176 valence electrons. The van der Waals surface area contributed by atoms with E-state index in [-0.39, 0.29) is 17.4 Å². The number of amides is 1. The van der Waals surface area contributed by atoms with Crippen LogP contribution in [0.15, 0.2) is 59.0 Å². The summed E-state index contributed by atoms with van der Waals surface area (Å²) in [4.78, 5) is 12.4. The predicted molar refractivity (Wildman–Crippen MR) is 131 cm³/mol. The maximum absolute atomic E-state index is 12.4. The lowest BCUT2D eigenvalue weighted by Crippen LogP contribution is -2.25. The average molecular weight is 490 g/mol. The highest BCUT2D eigenvalue weighted by Gasteiger charge is 2.13. The molecule has 3 aromatic rings. The Hall–Kier alpha value is -2.77. The van der Waals surface area contributed by atoms with E-state index >= 15 is 0 Å². The molecule has 1 aromatic heterocycles. The quantitative estimate of drug-likeness (QED) is 0.380. The number of benzene rings is 2. The molecule has 1 heterocycles. The van der Waals surface area contributed by atoms with Gasteiger partial charge in [-0.05, 0) is 67.8 Å². The summed E-state index contributed by atoms with van der Waals surface area (Å²) >= 11 is 5.88. The van der Waals surface area contributed by atoms with Crippen LogP contribution in [0.1, 0.15) is 41.3 Å². The highest BCUT2D eigenvalue weighted by atomic mass is 35.5. The van der Waals surface area contributed by atoms with Crippen LogP contribution < -0.4 is 14.8 Å². The second-order valence-corrected chi connectivity index (χ2v) is 9.17. The topological polar surface area (TPSA) is 77.8 Å². The maximum Gasteiger partial charge on any atom is 0.287 e. The predicted octanol–water partition coefficient (Wildman–Crippen LogP) is 5.15. The van der Waals surface area contributed by atoms with E-state index in [1.165, 1.54) is 0 Å². The molecule has 0 bridgehead atoms. The van der Waals surface area contributed by atoms with Gasteiger partial charge in [0.1, 0.15) is 5.76 Å². The van der Waals surface area contributed by atoms with Crippen molar-refractivity contribution in [3.63, 3.8) is 0 Å². The Morgan fingerprint density at radius 1 is 0.939 bits per heavy atom. The van der Waals surface area contributed by atoms with Crippen molar-refractivity contribution < 1.29 is 22.9 Å². The molecule has 0 aliphatic heterocycles. The first-order chi connectivity index (χ1) is 16.0. The lowest BCUT2D eigenvalue weighted by atomic mass is 10.1. The minimum Gasteiger partial charge on any atom is -0.490 e. The Kier molecular flexibility index (Phi) is 9.39. The molecule has 2 aromatic carbocycles. The number of hydrogen-bond donors (Lipinski definition) is 1. The molecule has 6 nitrogen and oxygen atoms in total. The summed E-state index contributed by atoms with van der Waals surface area (Å²) in [6, 6.07) is 16.3. The smallest absolute Gasteiger partial charge is 0.287 e.